The number of benzene rings is 1. The third kappa shape index (κ3) is 2.26. The van der Waals surface area contributed by atoms with E-state index in [-0.39, 0.29) is 5.95 Å². The third-order valence-corrected chi connectivity index (χ3v) is 3.32. The normalized spacial score (nSPS) is 11.0. The molecular formula is C15H12N6O2. The van der Waals surface area contributed by atoms with Gasteiger partial charge in [0.15, 0.2) is 11.6 Å². The Labute approximate surface area is 130 Å². The molecule has 0 aliphatic heterocycles. The van der Waals surface area contributed by atoms with Crippen LogP contribution in [0.15, 0.2) is 47.1 Å². The second kappa shape index (κ2) is 5.09. The summed E-state index contributed by atoms with van der Waals surface area (Å²) in [6, 6.07) is 10.9. The largest absolute Gasteiger partial charge is 0.497 e. The van der Waals surface area contributed by atoms with Crippen LogP contribution in [0.2, 0.25) is 0 Å². The minimum atomic E-state index is 0.200. The van der Waals surface area contributed by atoms with Gasteiger partial charge >= 0.3 is 0 Å². The molecule has 0 saturated carbocycles. The predicted octanol–water partition coefficient (Wildman–Crippen LogP) is 2.04. The van der Waals surface area contributed by atoms with Gasteiger partial charge in [-0.2, -0.15) is 19.5 Å². The standard InChI is InChI=1S/C15H12N6O2/c1-22-10-6-4-9(5-7-10)12-17-14(16)21-15(18-12)19-13(20-21)11-3-2-8-23-11/h2-8H,1H3,(H2,16,17,18,19,20). The van der Waals surface area contributed by atoms with Gasteiger partial charge in [-0.15, -0.1) is 5.10 Å². The molecule has 8 heteroatoms. The van der Waals surface area contributed by atoms with Crippen LogP contribution in [0.4, 0.5) is 5.95 Å². The van der Waals surface area contributed by atoms with Gasteiger partial charge in [-0.05, 0) is 36.4 Å². The van der Waals surface area contributed by atoms with Gasteiger partial charge in [-0.25, -0.2) is 0 Å². The molecule has 0 spiro atoms. The van der Waals surface area contributed by atoms with Gasteiger partial charge in [0.05, 0.1) is 13.4 Å². The van der Waals surface area contributed by atoms with Gasteiger partial charge in [0.2, 0.25) is 11.8 Å². The van der Waals surface area contributed by atoms with E-state index in [0.717, 1.165) is 11.3 Å². The molecule has 0 fully saturated rings. The maximum absolute atomic E-state index is 5.97. The maximum atomic E-state index is 5.97. The van der Waals surface area contributed by atoms with E-state index >= 15 is 0 Å². The summed E-state index contributed by atoms with van der Waals surface area (Å²) in [5.41, 5.74) is 6.78. The lowest BCUT2D eigenvalue weighted by atomic mass is 10.2. The Balaban J connectivity index is 1.82. The lowest BCUT2D eigenvalue weighted by molar-refractivity contribution is 0.415. The number of rotatable bonds is 3. The van der Waals surface area contributed by atoms with E-state index in [0.29, 0.717) is 23.2 Å². The molecule has 23 heavy (non-hydrogen) atoms. The molecule has 0 unspecified atom stereocenters. The Hall–Kier alpha value is -3.42. The quantitative estimate of drug-likeness (QED) is 0.617. The molecule has 3 aromatic heterocycles. The highest BCUT2D eigenvalue weighted by molar-refractivity contribution is 5.60. The molecule has 3 heterocycles. The number of hydrogen-bond acceptors (Lipinski definition) is 7. The van der Waals surface area contributed by atoms with Crippen molar-refractivity contribution in [2.24, 2.45) is 0 Å². The van der Waals surface area contributed by atoms with E-state index in [1.54, 1.807) is 25.5 Å². The number of nitrogen functional groups attached to an aromatic ring is 1. The molecule has 0 radical (unpaired) electrons. The average Bonchev–Trinajstić information content (AvgIpc) is 3.24. The Bertz CT molecular complexity index is 960. The fourth-order valence-corrected chi connectivity index (χ4v) is 2.18. The van der Waals surface area contributed by atoms with Crippen molar-refractivity contribution in [3.8, 4) is 28.7 Å². The van der Waals surface area contributed by atoms with Crippen LogP contribution in [0.1, 0.15) is 0 Å². The molecular weight excluding hydrogens is 296 g/mol. The number of anilines is 1. The number of nitrogens with two attached hydrogens (primary N) is 1. The van der Waals surface area contributed by atoms with Crippen LogP contribution in [-0.4, -0.2) is 31.7 Å². The smallest absolute Gasteiger partial charge is 0.258 e. The summed E-state index contributed by atoms with van der Waals surface area (Å²) >= 11 is 0. The summed E-state index contributed by atoms with van der Waals surface area (Å²) in [5, 5.41) is 4.26. The monoisotopic (exact) mass is 308 g/mol. The van der Waals surface area contributed by atoms with E-state index in [4.69, 9.17) is 14.9 Å². The van der Waals surface area contributed by atoms with Crippen molar-refractivity contribution in [3.63, 3.8) is 0 Å². The summed E-state index contributed by atoms with van der Waals surface area (Å²) in [7, 11) is 1.61. The highest BCUT2D eigenvalue weighted by Gasteiger charge is 2.14. The molecule has 0 amide bonds. The zero-order valence-electron chi connectivity index (χ0n) is 12.2. The minimum Gasteiger partial charge on any atom is -0.497 e. The molecule has 0 atom stereocenters. The summed E-state index contributed by atoms with van der Waals surface area (Å²) < 4.78 is 11.8. The lowest BCUT2D eigenvalue weighted by Gasteiger charge is -2.03. The number of fused-ring (bicyclic) bond motifs is 1. The Morgan fingerprint density at radius 1 is 1.04 bits per heavy atom. The van der Waals surface area contributed by atoms with Gasteiger partial charge in [0.1, 0.15) is 5.75 Å². The number of hydrogen-bond donors (Lipinski definition) is 1. The molecule has 0 aliphatic rings. The molecule has 2 N–H and O–H groups in total. The minimum absolute atomic E-state index is 0.200. The van der Waals surface area contributed by atoms with Crippen LogP contribution in [-0.2, 0) is 0 Å². The van der Waals surface area contributed by atoms with Crippen molar-refractivity contribution in [2.45, 2.75) is 0 Å². The maximum Gasteiger partial charge on any atom is 0.258 e. The summed E-state index contributed by atoms with van der Waals surface area (Å²) in [5.74, 6) is 2.73. The highest BCUT2D eigenvalue weighted by Crippen LogP contribution is 2.22. The predicted molar refractivity (Wildman–Crippen MR) is 82.7 cm³/mol. The average molecular weight is 308 g/mol. The van der Waals surface area contributed by atoms with Crippen LogP contribution in [0.3, 0.4) is 0 Å². The zero-order chi connectivity index (χ0) is 15.8. The first-order valence-corrected chi connectivity index (χ1v) is 6.83. The molecule has 4 aromatic rings. The van der Waals surface area contributed by atoms with E-state index in [1.807, 2.05) is 24.3 Å². The first-order chi connectivity index (χ1) is 11.2. The van der Waals surface area contributed by atoms with Crippen molar-refractivity contribution in [1.82, 2.24) is 24.6 Å². The van der Waals surface area contributed by atoms with Gasteiger partial charge < -0.3 is 14.9 Å². The molecule has 4 rings (SSSR count). The summed E-state index contributed by atoms with van der Waals surface area (Å²) in [6.07, 6.45) is 1.55. The SMILES string of the molecule is COc1ccc(-c2nc(N)n3nc(-c4ccco4)nc3n2)cc1. The van der Waals surface area contributed by atoms with Gasteiger partial charge in [0, 0.05) is 5.56 Å². The third-order valence-electron chi connectivity index (χ3n) is 3.32. The Morgan fingerprint density at radius 3 is 2.52 bits per heavy atom. The number of furan rings is 1. The molecule has 0 aliphatic carbocycles. The van der Waals surface area contributed by atoms with Crippen LogP contribution in [0.5, 0.6) is 5.75 Å². The first kappa shape index (κ1) is 13.3. The van der Waals surface area contributed by atoms with Crippen molar-refractivity contribution in [2.75, 3.05) is 12.8 Å². The second-order valence-corrected chi connectivity index (χ2v) is 4.76. The van der Waals surface area contributed by atoms with Crippen LogP contribution >= 0.6 is 0 Å². The molecule has 0 bridgehead atoms. The van der Waals surface area contributed by atoms with Gasteiger partial charge in [0.25, 0.3) is 5.78 Å². The van der Waals surface area contributed by atoms with Crippen LogP contribution in [0.25, 0.3) is 28.8 Å². The number of methoxy groups -OCH3 is 1. The van der Waals surface area contributed by atoms with E-state index in [9.17, 15) is 0 Å². The number of ether oxygens (including phenoxy) is 1. The van der Waals surface area contributed by atoms with E-state index < -0.39 is 0 Å². The van der Waals surface area contributed by atoms with Crippen LogP contribution < -0.4 is 10.5 Å². The summed E-state index contributed by atoms with van der Waals surface area (Å²) in [4.78, 5) is 13.0. The van der Waals surface area contributed by atoms with Crippen LogP contribution in [0, 0.1) is 0 Å². The molecule has 8 nitrogen and oxygen atoms in total. The van der Waals surface area contributed by atoms with E-state index in [1.165, 1.54) is 4.52 Å². The first-order valence-electron chi connectivity index (χ1n) is 6.83. The fourth-order valence-electron chi connectivity index (χ4n) is 2.18. The second-order valence-electron chi connectivity index (χ2n) is 4.76. The zero-order valence-corrected chi connectivity index (χ0v) is 12.2. The Kier molecular flexibility index (Phi) is 2.94. The van der Waals surface area contributed by atoms with Gasteiger partial charge in [-0.3, -0.25) is 0 Å². The van der Waals surface area contributed by atoms with E-state index in [2.05, 4.69) is 20.1 Å². The Morgan fingerprint density at radius 2 is 1.83 bits per heavy atom. The molecule has 114 valence electrons. The van der Waals surface area contributed by atoms with Crippen molar-refractivity contribution in [3.05, 3.63) is 42.7 Å². The molecule has 1 aromatic carbocycles. The number of nitrogens with zero attached hydrogens (tertiary/aromatic N) is 5. The van der Waals surface area contributed by atoms with Crippen molar-refractivity contribution in [1.29, 1.82) is 0 Å². The van der Waals surface area contributed by atoms with Crippen molar-refractivity contribution < 1.29 is 9.15 Å². The fraction of sp³-hybridized carbons (Fsp3) is 0.0667. The topological polar surface area (TPSA) is 104 Å². The molecule has 0 saturated heterocycles. The van der Waals surface area contributed by atoms with Crippen molar-refractivity contribution >= 4 is 11.7 Å². The highest BCUT2D eigenvalue weighted by atomic mass is 16.5. The number of aromatic nitrogens is 5. The lowest BCUT2D eigenvalue weighted by Crippen LogP contribution is -2.05. The van der Waals surface area contributed by atoms with Gasteiger partial charge in [-0.1, -0.05) is 0 Å². The summed E-state index contributed by atoms with van der Waals surface area (Å²) in [6.45, 7) is 0.